The second-order valence-corrected chi connectivity index (χ2v) is 20.5. The molecular weight excluding hydrogens is 1120 g/mol. The number of urea groups is 1. The van der Waals surface area contributed by atoms with Crippen molar-refractivity contribution in [1.29, 1.82) is 0 Å². The van der Waals surface area contributed by atoms with E-state index in [-0.39, 0.29) is 49.1 Å². The summed E-state index contributed by atoms with van der Waals surface area (Å²) in [6.07, 6.45) is 7.03. The van der Waals surface area contributed by atoms with E-state index in [0.717, 1.165) is 87.7 Å². The van der Waals surface area contributed by atoms with E-state index in [9.17, 15) is 28.8 Å². The number of H-pyrrole nitrogens is 1. The summed E-state index contributed by atoms with van der Waals surface area (Å²) in [6, 6.07) is 30.5. The molecular formula is C60H74BrN9O8S2. The zero-order chi connectivity index (χ0) is 58.0. The van der Waals surface area contributed by atoms with Crippen LogP contribution >= 0.6 is 40.3 Å². The summed E-state index contributed by atoms with van der Waals surface area (Å²) in [5, 5.41) is 10.6. The molecule has 426 valence electrons. The number of amides is 6. The number of thiol groups is 1. The minimum atomic E-state index is -0.919. The fraction of sp³-hybridized carbons (Fsp3) is 0.383. The topological polar surface area (TPSA) is 212 Å². The Bertz CT molecular complexity index is 3150. The number of halogens is 1. The van der Waals surface area contributed by atoms with Crippen LogP contribution in [0.2, 0.25) is 0 Å². The molecule has 1 atom stereocenters. The number of primary amides is 1. The summed E-state index contributed by atoms with van der Waals surface area (Å²) in [5.74, 6) is 3.04. The van der Waals surface area contributed by atoms with Gasteiger partial charge >= 0.3 is 18.2 Å². The van der Waals surface area contributed by atoms with Gasteiger partial charge in [0.05, 0.1) is 5.69 Å². The fourth-order valence-corrected chi connectivity index (χ4v) is 10.4. The molecule has 0 radical (unpaired) electrons. The Morgan fingerprint density at radius 2 is 1.40 bits per heavy atom. The second-order valence-electron chi connectivity index (χ2n) is 19.7. The van der Waals surface area contributed by atoms with Crippen molar-refractivity contribution < 1.29 is 38.2 Å². The molecule has 0 saturated carbocycles. The van der Waals surface area contributed by atoms with Gasteiger partial charge in [-0.15, -0.1) is 0 Å². The fourth-order valence-electron chi connectivity index (χ4n) is 10.4. The molecule has 4 aliphatic rings. The smallest absolute Gasteiger partial charge is 0.415 e. The van der Waals surface area contributed by atoms with E-state index in [4.69, 9.17) is 15.2 Å². The highest BCUT2D eigenvalue weighted by molar-refractivity contribution is 9.08. The highest BCUT2D eigenvalue weighted by Crippen LogP contribution is 2.45. The number of nitrogens with zero attached hydrogens (tertiary/aromatic N) is 4. The van der Waals surface area contributed by atoms with Crippen LogP contribution in [0.1, 0.15) is 65.3 Å². The van der Waals surface area contributed by atoms with Gasteiger partial charge in [-0.25, -0.2) is 19.2 Å². The SMILES string of the molecule is CBr.CC(C)C(NC(=O)OCC1c2ccccc2-c2ccccc21)C(=O)NC(=C=O)CCCNC(N)=O.CN1CCN(C(=O)Oc2cc3c(c4ccccc24)CCN3C(=O)c2cc3c4c(ccc3[nH]2)N(C)CC4)CC1.CS.CSC. The molecule has 0 spiro atoms. The maximum absolute atomic E-state index is 13.9. The van der Waals surface area contributed by atoms with Crippen LogP contribution in [0.25, 0.3) is 32.8 Å². The van der Waals surface area contributed by atoms with Gasteiger partial charge in [0.2, 0.25) is 5.91 Å². The Kier molecular flexibility index (Phi) is 23.4. The lowest BCUT2D eigenvalue weighted by molar-refractivity contribution is -0.123. The zero-order valence-corrected chi connectivity index (χ0v) is 50.1. The Balaban J connectivity index is 0.000000233. The number of benzene rings is 5. The third-order valence-electron chi connectivity index (χ3n) is 14.3. The van der Waals surface area contributed by atoms with E-state index in [1.807, 2.05) is 90.0 Å². The highest BCUT2D eigenvalue weighted by Gasteiger charge is 2.33. The first-order valence-corrected chi connectivity index (χ1v) is 30.6. The van der Waals surface area contributed by atoms with E-state index < -0.39 is 24.1 Å². The minimum absolute atomic E-state index is 0.0289. The predicted octanol–water partition coefficient (Wildman–Crippen LogP) is 9.63. The number of alkyl halides is 1. The maximum Gasteiger partial charge on any atom is 0.415 e. The highest BCUT2D eigenvalue weighted by atomic mass is 79.9. The van der Waals surface area contributed by atoms with Crippen LogP contribution < -0.4 is 36.2 Å². The van der Waals surface area contributed by atoms with E-state index in [1.54, 1.807) is 42.7 Å². The number of ether oxygens (including phenoxy) is 2. The molecule has 1 saturated heterocycles. The quantitative estimate of drug-likeness (QED) is 0.0294. The van der Waals surface area contributed by atoms with Gasteiger partial charge in [0.25, 0.3) is 5.91 Å². The number of nitrogens with two attached hydrogens (primary N) is 1. The van der Waals surface area contributed by atoms with Gasteiger partial charge < -0.3 is 55.7 Å². The largest absolute Gasteiger partial charge is 0.449 e. The number of allylic oxidation sites excluding steroid dienone is 1. The molecule has 3 aliphatic heterocycles. The summed E-state index contributed by atoms with van der Waals surface area (Å²) in [6.45, 7) is 8.43. The number of piperazine rings is 1. The Morgan fingerprint density at radius 3 is 2.02 bits per heavy atom. The number of hydrogen-bond acceptors (Lipinski definition) is 12. The van der Waals surface area contributed by atoms with Crippen LogP contribution in [0.3, 0.4) is 0 Å². The molecule has 1 aromatic heterocycles. The number of likely N-dealkylation sites (N-methyl/N-ethyl adjacent to an activating group) is 2. The normalized spacial score (nSPS) is 14.2. The van der Waals surface area contributed by atoms with Crippen LogP contribution in [-0.4, -0.2) is 148 Å². The molecule has 20 heteroatoms. The van der Waals surface area contributed by atoms with Crippen molar-refractivity contribution in [3.05, 3.63) is 131 Å². The van der Waals surface area contributed by atoms with Crippen LogP contribution in [-0.2, 0) is 27.2 Å². The molecule has 4 heterocycles. The lowest BCUT2D eigenvalue weighted by atomic mass is 9.98. The van der Waals surface area contributed by atoms with Crippen molar-refractivity contribution in [1.82, 2.24) is 30.7 Å². The molecule has 17 nitrogen and oxygen atoms in total. The average Bonchev–Trinajstić information content (AvgIpc) is 4.34. The minimum Gasteiger partial charge on any atom is -0.449 e. The van der Waals surface area contributed by atoms with Crippen molar-refractivity contribution in [2.45, 2.75) is 51.5 Å². The van der Waals surface area contributed by atoms with E-state index >= 15 is 0 Å². The molecule has 6 N–H and O–H groups in total. The monoisotopic (exact) mass is 1190 g/mol. The molecule has 0 bridgehead atoms. The third-order valence-corrected chi connectivity index (χ3v) is 14.3. The molecule has 1 unspecified atom stereocenters. The van der Waals surface area contributed by atoms with Gasteiger partial charge in [-0.3, -0.25) is 9.59 Å². The summed E-state index contributed by atoms with van der Waals surface area (Å²) >= 11 is 8.22. The first-order chi connectivity index (χ1) is 38.7. The molecule has 1 aliphatic carbocycles. The van der Waals surface area contributed by atoms with Crippen molar-refractivity contribution in [3.63, 3.8) is 0 Å². The standard InChI is InChI=1S/C30H31N5O3.C26H30N4O5.C2H6S.CH3Br.CH4S/c1-32-13-15-34(16-14-32)30(37)38-28-18-27-20(19-5-3-4-6-22(19)28)10-12-35(27)29(36)25-17-23-21-9-11-33(2)26(21)8-7-24(23)31-25;1-16(2)23(24(32)29-17(14-31)8-7-13-28-25(27)33)30-26(34)35-15-22-20-11-5-3-9-18(20)19-10-4-6-12-21(19)22;1-3-2;2*1-2/h3-8,17-18,31H,9-16H2,1-2H3;3-6,9-12,16,22-23H,7-8,13,15H2,1-2H3,(H,29,32)(H,30,34)(H3,27,28,33);1-2H3;1H3;2H,1H3. The number of anilines is 2. The van der Waals surface area contributed by atoms with Gasteiger partial charge in [0.1, 0.15) is 35.7 Å². The van der Waals surface area contributed by atoms with Crippen molar-refractivity contribution in [2.75, 3.05) is 101 Å². The van der Waals surface area contributed by atoms with E-state index in [0.29, 0.717) is 37.5 Å². The lowest BCUT2D eigenvalue weighted by Gasteiger charge is -2.31. The van der Waals surface area contributed by atoms with E-state index in [2.05, 4.69) is 104 Å². The lowest BCUT2D eigenvalue weighted by Crippen LogP contribution is -2.49. The van der Waals surface area contributed by atoms with Gasteiger partial charge in [-0.1, -0.05) is 103 Å². The molecule has 10 rings (SSSR count). The molecule has 80 heavy (non-hydrogen) atoms. The van der Waals surface area contributed by atoms with Gasteiger partial charge in [0, 0.05) is 93.2 Å². The predicted molar refractivity (Wildman–Crippen MR) is 330 cm³/mol. The number of thioether (sulfide) groups is 1. The van der Waals surface area contributed by atoms with Crippen molar-refractivity contribution >= 4 is 109 Å². The van der Waals surface area contributed by atoms with Crippen LogP contribution in [0, 0.1) is 5.92 Å². The maximum atomic E-state index is 13.9. The summed E-state index contributed by atoms with van der Waals surface area (Å²) in [7, 11) is 4.16. The first kappa shape index (κ1) is 62.2. The number of nitrogens with one attached hydrogen (secondary N) is 4. The number of aromatic amines is 1. The molecule has 1 fully saturated rings. The third kappa shape index (κ3) is 14.9. The van der Waals surface area contributed by atoms with Crippen LogP contribution in [0.4, 0.5) is 25.8 Å². The van der Waals surface area contributed by atoms with Gasteiger partial charge in [-0.2, -0.15) is 24.4 Å². The number of aromatic nitrogens is 1. The molecule has 5 aromatic carbocycles. The number of fused-ring (bicyclic) bond motifs is 9. The Labute approximate surface area is 487 Å². The first-order valence-electron chi connectivity index (χ1n) is 26.5. The molecule has 6 amide bonds. The van der Waals surface area contributed by atoms with Crippen LogP contribution in [0.5, 0.6) is 5.75 Å². The zero-order valence-electron chi connectivity index (χ0n) is 46.8. The number of rotatable bonds is 12. The molecule has 6 aromatic rings. The van der Waals surface area contributed by atoms with E-state index in [1.165, 1.54) is 11.3 Å². The van der Waals surface area contributed by atoms with Gasteiger partial charge in [-0.05, 0) is 114 Å². The van der Waals surface area contributed by atoms with Crippen molar-refractivity contribution in [2.24, 2.45) is 11.7 Å². The van der Waals surface area contributed by atoms with Gasteiger partial charge in [0.15, 0.2) is 0 Å². The second kappa shape index (κ2) is 30.0. The summed E-state index contributed by atoms with van der Waals surface area (Å²) in [5.41, 5.74) is 15.5. The summed E-state index contributed by atoms with van der Waals surface area (Å²) in [4.78, 5) is 85.7. The Hall–Kier alpha value is -6.96. The average molecular weight is 1190 g/mol. The summed E-state index contributed by atoms with van der Waals surface area (Å²) < 4.78 is 11.5. The number of carbonyl (C=O) groups excluding carboxylic acids is 6. The van der Waals surface area contributed by atoms with Crippen molar-refractivity contribution in [3.8, 4) is 16.9 Å². The number of alkyl carbamates (subject to hydrolysis) is 1. The van der Waals surface area contributed by atoms with Crippen LogP contribution in [0.15, 0.2) is 103 Å². The number of hydrogen-bond donors (Lipinski definition) is 6. The Morgan fingerprint density at radius 1 is 0.800 bits per heavy atom. The number of carbonyl (C=O) groups is 5.